The second kappa shape index (κ2) is 5.71. The van der Waals surface area contributed by atoms with Gasteiger partial charge in [-0.15, -0.1) is 0 Å². The number of rotatable bonds is 4. The van der Waals surface area contributed by atoms with Gasteiger partial charge in [-0.25, -0.2) is 4.79 Å². The summed E-state index contributed by atoms with van der Waals surface area (Å²) in [7, 11) is 1.39. The zero-order chi connectivity index (χ0) is 14.7. The van der Waals surface area contributed by atoms with Gasteiger partial charge >= 0.3 is 5.97 Å². The quantitative estimate of drug-likeness (QED) is 0.718. The summed E-state index contributed by atoms with van der Waals surface area (Å²) in [5, 5.41) is 4.47. The predicted octanol–water partition coefficient (Wildman–Crippen LogP) is 3.57. The first-order valence-electron chi connectivity index (χ1n) is 6.75. The maximum atomic E-state index is 11.7. The molecule has 0 spiro atoms. The van der Waals surface area contributed by atoms with Crippen molar-refractivity contribution in [3.05, 3.63) is 65.9 Å². The average molecular weight is 280 g/mol. The molecule has 3 rings (SSSR count). The fraction of sp³-hybridized carbons (Fsp3) is 0.118. The molecule has 4 heteroatoms. The number of benzene rings is 2. The Balaban J connectivity index is 1.79. The summed E-state index contributed by atoms with van der Waals surface area (Å²) in [6.45, 7) is 0.648. The summed E-state index contributed by atoms with van der Waals surface area (Å²) in [4.78, 5) is 14.9. The fourth-order valence-electron chi connectivity index (χ4n) is 2.34. The van der Waals surface area contributed by atoms with Crippen LogP contribution in [0.2, 0.25) is 0 Å². The third kappa shape index (κ3) is 2.74. The van der Waals surface area contributed by atoms with Gasteiger partial charge in [0, 0.05) is 23.9 Å². The number of anilines is 1. The first-order valence-corrected chi connectivity index (χ1v) is 6.75. The summed E-state index contributed by atoms with van der Waals surface area (Å²) in [5.74, 6) is -0.334. The van der Waals surface area contributed by atoms with Gasteiger partial charge in [-0.05, 0) is 41.3 Å². The largest absolute Gasteiger partial charge is 0.465 e. The normalized spacial score (nSPS) is 10.5. The van der Waals surface area contributed by atoms with E-state index in [1.165, 1.54) is 12.5 Å². The molecule has 4 nitrogen and oxygen atoms in total. The Hall–Kier alpha value is -2.75. The first-order chi connectivity index (χ1) is 10.3. The van der Waals surface area contributed by atoms with Crippen LogP contribution in [-0.4, -0.2) is 18.1 Å². The van der Waals surface area contributed by atoms with Gasteiger partial charge in [0.05, 0.1) is 12.7 Å². The Morgan fingerprint density at radius 1 is 1.19 bits per heavy atom. The van der Waals surface area contributed by atoms with E-state index in [1.54, 1.807) is 6.07 Å². The Kier molecular flexibility index (Phi) is 3.60. The lowest BCUT2D eigenvalue weighted by Gasteiger charge is -2.10. The van der Waals surface area contributed by atoms with E-state index in [0.717, 1.165) is 16.8 Å². The van der Waals surface area contributed by atoms with Crippen molar-refractivity contribution in [2.24, 2.45) is 0 Å². The van der Waals surface area contributed by atoms with E-state index < -0.39 is 0 Å². The number of hydrogen-bond donors (Lipinski definition) is 2. The maximum absolute atomic E-state index is 11.7. The fourth-order valence-corrected chi connectivity index (χ4v) is 2.34. The zero-order valence-corrected chi connectivity index (χ0v) is 11.7. The number of methoxy groups -OCH3 is 1. The number of nitrogens with one attached hydrogen (secondary N) is 2. The second-order valence-corrected chi connectivity index (χ2v) is 4.79. The highest BCUT2D eigenvalue weighted by Gasteiger charge is 2.10. The van der Waals surface area contributed by atoms with Gasteiger partial charge in [-0.3, -0.25) is 0 Å². The monoisotopic (exact) mass is 280 g/mol. The number of esters is 1. The van der Waals surface area contributed by atoms with Crippen molar-refractivity contribution in [3.63, 3.8) is 0 Å². The Morgan fingerprint density at radius 2 is 2.05 bits per heavy atom. The van der Waals surface area contributed by atoms with E-state index in [2.05, 4.69) is 28.5 Å². The number of fused-ring (bicyclic) bond motifs is 1. The SMILES string of the molecule is COC(=O)c1ccccc1NCc1ccc2[nH]ccc2c1. The molecular formula is C17H16N2O2. The minimum atomic E-state index is -0.334. The van der Waals surface area contributed by atoms with Crippen LogP contribution >= 0.6 is 0 Å². The molecule has 3 aromatic rings. The van der Waals surface area contributed by atoms with Crippen LogP contribution in [0.15, 0.2) is 54.7 Å². The summed E-state index contributed by atoms with van der Waals surface area (Å²) in [6.07, 6.45) is 1.93. The minimum Gasteiger partial charge on any atom is -0.465 e. The van der Waals surface area contributed by atoms with E-state index in [-0.39, 0.29) is 5.97 Å². The number of H-pyrrole nitrogens is 1. The number of carbonyl (C=O) groups excluding carboxylic acids is 1. The smallest absolute Gasteiger partial charge is 0.339 e. The zero-order valence-electron chi connectivity index (χ0n) is 11.7. The average Bonchev–Trinajstić information content (AvgIpc) is 3.00. The molecular weight excluding hydrogens is 264 g/mol. The maximum Gasteiger partial charge on any atom is 0.339 e. The topological polar surface area (TPSA) is 54.1 Å². The summed E-state index contributed by atoms with van der Waals surface area (Å²) in [6, 6.07) is 15.6. The molecule has 1 aromatic heterocycles. The van der Waals surface area contributed by atoms with Crippen molar-refractivity contribution in [1.29, 1.82) is 0 Å². The molecule has 2 N–H and O–H groups in total. The Morgan fingerprint density at radius 3 is 2.90 bits per heavy atom. The number of ether oxygens (including phenoxy) is 1. The predicted molar refractivity (Wildman–Crippen MR) is 83.4 cm³/mol. The van der Waals surface area contributed by atoms with Crippen LogP contribution in [0.25, 0.3) is 10.9 Å². The van der Waals surface area contributed by atoms with Gasteiger partial charge < -0.3 is 15.0 Å². The molecule has 1 heterocycles. The highest BCUT2D eigenvalue weighted by Crippen LogP contribution is 2.19. The van der Waals surface area contributed by atoms with Gasteiger partial charge in [-0.1, -0.05) is 18.2 Å². The Bertz CT molecular complexity index is 777. The standard InChI is InChI=1S/C17H16N2O2/c1-21-17(20)14-4-2-3-5-16(14)19-11-12-6-7-15-13(10-12)8-9-18-15/h2-10,18-19H,11H2,1H3. The molecule has 0 amide bonds. The summed E-state index contributed by atoms with van der Waals surface area (Å²) >= 11 is 0. The third-order valence-electron chi connectivity index (χ3n) is 3.43. The van der Waals surface area contributed by atoms with Crippen LogP contribution in [0.3, 0.4) is 0 Å². The van der Waals surface area contributed by atoms with Crippen LogP contribution in [0.4, 0.5) is 5.69 Å². The number of aromatic amines is 1. The molecule has 0 saturated carbocycles. The highest BCUT2D eigenvalue weighted by atomic mass is 16.5. The Labute approximate surface area is 122 Å². The molecule has 0 bridgehead atoms. The van der Waals surface area contributed by atoms with E-state index in [1.807, 2.05) is 30.5 Å². The molecule has 0 aliphatic rings. The van der Waals surface area contributed by atoms with E-state index in [9.17, 15) is 4.79 Å². The van der Waals surface area contributed by atoms with Crippen LogP contribution in [0.5, 0.6) is 0 Å². The second-order valence-electron chi connectivity index (χ2n) is 4.79. The molecule has 106 valence electrons. The van der Waals surface area contributed by atoms with Crippen molar-refractivity contribution >= 4 is 22.6 Å². The number of aromatic nitrogens is 1. The van der Waals surface area contributed by atoms with Crippen molar-refractivity contribution in [1.82, 2.24) is 4.98 Å². The van der Waals surface area contributed by atoms with E-state index in [4.69, 9.17) is 4.74 Å². The van der Waals surface area contributed by atoms with Crippen LogP contribution in [0, 0.1) is 0 Å². The van der Waals surface area contributed by atoms with Gasteiger partial charge in [0.2, 0.25) is 0 Å². The van der Waals surface area contributed by atoms with E-state index >= 15 is 0 Å². The molecule has 0 atom stereocenters. The van der Waals surface area contributed by atoms with Gasteiger partial charge in [0.1, 0.15) is 0 Å². The number of para-hydroxylation sites is 1. The van der Waals surface area contributed by atoms with Gasteiger partial charge in [-0.2, -0.15) is 0 Å². The van der Waals surface area contributed by atoms with E-state index in [0.29, 0.717) is 12.1 Å². The number of carbonyl (C=O) groups is 1. The van der Waals surface area contributed by atoms with Crippen LogP contribution < -0.4 is 5.32 Å². The van der Waals surface area contributed by atoms with Crippen molar-refractivity contribution in [2.75, 3.05) is 12.4 Å². The molecule has 21 heavy (non-hydrogen) atoms. The molecule has 2 aromatic carbocycles. The van der Waals surface area contributed by atoms with Crippen molar-refractivity contribution in [3.8, 4) is 0 Å². The summed E-state index contributed by atoms with van der Waals surface area (Å²) < 4.78 is 4.79. The molecule has 0 unspecified atom stereocenters. The van der Waals surface area contributed by atoms with Crippen LogP contribution in [-0.2, 0) is 11.3 Å². The molecule has 0 saturated heterocycles. The van der Waals surface area contributed by atoms with Gasteiger partial charge in [0.15, 0.2) is 0 Å². The van der Waals surface area contributed by atoms with Crippen LogP contribution in [0.1, 0.15) is 15.9 Å². The van der Waals surface area contributed by atoms with Crippen molar-refractivity contribution in [2.45, 2.75) is 6.54 Å². The van der Waals surface area contributed by atoms with Gasteiger partial charge in [0.25, 0.3) is 0 Å². The lowest BCUT2D eigenvalue weighted by Crippen LogP contribution is -2.08. The molecule has 0 fully saturated rings. The van der Waals surface area contributed by atoms with Crippen molar-refractivity contribution < 1.29 is 9.53 Å². The molecule has 0 aliphatic carbocycles. The third-order valence-corrected chi connectivity index (χ3v) is 3.43. The molecule has 0 radical (unpaired) electrons. The lowest BCUT2D eigenvalue weighted by molar-refractivity contribution is 0.0602. The number of hydrogen-bond acceptors (Lipinski definition) is 3. The first kappa shape index (κ1) is 13.2. The minimum absolute atomic E-state index is 0.334. The lowest BCUT2D eigenvalue weighted by atomic mass is 10.1. The summed E-state index contributed by atoms with van der Waals surface area (Å²) in [5.41, 5.74) is 3.59. The highest BCUT2D eigenvalue weighted by molar-refractivity contribution is 5.95. The molecule has 0 aliphatic heterocycles.